The van der Waals surface area contributed by atoms with Crippen LogP contribution in [-0.2, 0) is 10.0 Å². The summed E-state index contributed by atoms with van der Waals surface area (Å²) < 4.78 is 22.6. The fourth-order valence-corrected chi connectivity index (χ4v) is 3.09. The lowest BCUT2D eigenvalue weighted by atomic mass is 10.2. The predicted octanol–water partition coefficient (Wildman–Crippen LogP) is 2.61. The van der Waals surface area contributed by atoms with Crippen LogP contribution in [0.15, 0.2) is 33.9 Å². The summed E-state index contributed by atoms with van der Waals surface area (Å²) in [5.41, 5.74) is 1.56. The Kier molecular flexibility index (Phi) is 4.14. The molecule has 0 unspecified atom stereocenters. The molecule has 0 radical (unpaired) electrons. The van der Waals surface area contributed by atoms with Crippen molar-refractivity contribution < 1.29 is 13.2 Å². The van der Waals surface area contributed by atoms with Crippen LogP contribution >= 0.6 is 22.9 Å². The molecule has 0 atom stereocenters. The van der Waals surface area contributed by atoms with E-state index in [-0.39, 0.29) is 21.5 Å². The second-order valence-corrected chi connectivity index (χ2v) is 6.82. The first-order chi connectivity index (χ1) is 9.29. The van der Waals surface area contributed by atoms with Gasteiger partial charge in [0.2, 0.25) is 10.0 Å². The quantitative estimate of drug-likeness (QED) is 0.906. The summed E-state index contributed by atoms with van der Waals surface area (Å²) in [5, 5.41) is 11.4. The zero-order valence-electron chi connectivity index (χ0n) is 10.4. The molecule has 0 fully saturated rings. The number of thiophene rings is 1. The van der Waals surface area contributed by atoms with E-state index in [4.69, 9.17) is 16.7 Å². The normalized spacial score (nSPS) is 11.3. The number of hydrogen-bond donors (Lipinski definition) is 2. The van der Waals surface area contributed by atoms with E-state index < -0.39 is 10.0 Å². The van der Waals surface area contributed by atoms with E-state index in [2.05, 4.69) is 5.32 Å². The van der Waals surface area contributed by atoms with Gasteiger partial charge in [-0.15, -0.1) is 0 Å². The van der Waals surface area contributed by atoms with Crippen LogP contribution in [0, 0.1) is 6.92 Å². The van der Waals surface area contributed by atoms with Crippen molar-refractivity contribution in [2.75, 3.05) is 5.32 Å². The highest BCUT2D eigenvalue weighted by Gasteiger charge is 2.15. The standard InChI is InChI=1S/C12H11ClN2O3S2/c1-7-5-19-6-9(7)12(16)15-11-4-8(20(14,17)18)2-3-10(11)13/h2-6H,1H3,(H,15,16)(H2,14,17,18). The minimum atomic E-state index is -3.85. The van der Waals surface area contributed by atoms with Gasteiger partial charge in [-0.1, -0.05) is 11.6 Å². The van der Waals surface area contributed by atoms with Crippen LogP contribution in [-0.4, -0.2) is 14.3 Å². The van der Waals surface area contributed by atoms with Crippen molar-refractivity contribution in [1.82, 2.24) is 0 Å². The summed E-state index contributed by atoms with van der Waals surface area (Å²) in [6.07, 6.45) is 0. The molecule has 0 aliphatic heterocycles. The summed E-state index contributed by atoms with van der Waals surface area (Å²) in [7, 11) is -3.85. The minimum absolute atomic E-state index is 0.112. The van der Waals surface area contributed by atoms with Gasteiger partial charge in [-0.25, -0.2) is 13.6 Å². The third-order valence-corrected chi connectivity index (χ3v) is 4.72. The molecule has 106 valence electrons. The lowest BCUT2D eigenvalue weighted by Crippen LogP contribution is -2.15. The van der Waals surface area contributed by atoms with Gasteiger partial charge < -0.3 is 5.32 Å². The lowest BCUT2D eigenvalue weighted by molar-refractivity contribution is 0.102. The van der Waals surface area contributed by atoms with Crippen molar-refractivity contribution in [3.63, 3.8) is 0 Å². The lowest BCUT2D eigenvalue weighted by Gasteiger charge is -2.08. The van der Waals surface area contributed by atoms with Crippen molar-refractivity contribution >= 4 is 44.6 Å². The molecule has 8 heteroatoms. The first-order valence-electron chi connectivity index (χ1n) is 5.45. The van der Waals surface area contributed by atoms with E-state index in [1.807, 2.05) is 12.3 Å². The molecular formula is C12H11ClN2O3S2. The van der Waals surface area contributed by atoms with Crippen LogP contribution in [0.4, 0.5) is 5.69 Å². The highest BCUT2D eigenvalue weighted by Crippen LogP contribution is 2.26. The number of primary sulfonamides is 1. The van der Waals surface area contributed by atoms with E-state index >= 15 is 0 Å². The molecule has 5 nitrogen and oxygen atoms in total. The smallest absolute Gasteiger partial charge is 0.256 e. The van der Waals surface area contributed by atoms with Crippen molar-refractivity contribution in [3.05, 3.63) is 45.1 Å². The van der Waals surface area contributed by atoms with E-state index in [0.29, 0.717) is 5.56 Å². The molecule has 20 heavy (non-hydrogen) atoms. The van der Waals surface area contributed by atoms with Gasteiger partial charge in [-0.2, -0.15) is 11.3 Å². The highest BCUT2D eigenvalue weighted by atomic mass is 35.5. The SMILES string of the molecule is Cc1cscc1C(=O)Nc1cc(S(N)(=O)=O)ccc1Cl. The number of aryl methyl sites for hydroxylation is 1. The molecule has 0 aliphatic rings. The summed E-state index contributed by atoms with van der Waals surface area (Å²) in [6, 6.07) is 3.89. The molecule has 3 N–H and O–H groups in total. The van der Waals surface area contributed by atoms with Crippen LogP contribution in [0.3, 0.4) is 0 Å². The van der Waals surface area contributed by atoms with Crippen LogP contribution in [0.1, 0.15) is 15.9 Å². The monoisotopic (exact) mass is 330 g/mol. The molecule has 2 aromatic rings. The first-order valence-corrected chi connectivity index (χ1v) is 8.32. The maximum absolute atomic E-state index is 12.1. The highest BCUT2D eigenvalue weighted by molar-refractivity contribution is 7.89. The fraction of sp³-hybridized carbons (Fsp3) is 0.0833. The van der Waals surface area contributed by atoms with E-state index in [1.54, 1.807) is 5.38 Å². The number of benzene rings is 1. The van der Waals surface area contributed by atoms with Crippen LogP contribution in [0.5, 0.6) is 0 Å². The van der Waals surface area contributed by atoms with Gasteiger partial charge >= 0.3 is 0 Å². The molecule has 0 saturated heterocycles. The van der Waals surface area contributed by atoms with Crippen molar-refractivity contribution in [1.29, 1.82) is 0 Å². The second kappa shape index (κ2) is 5.53. The second-order valence-electron chi connectivity index (χ2n) is 4.11. The Morgan fingerprint density at radius 1 is 1.35 bits per heavy atom. The Balaban J connectivity index is 2.34. The molecule has 0 bridgehead atoms. The Bertz CT molecular complexity index is 769. The largest absolute Gasteiger partial charge is 0.321 e. The summed E-state index contributed by atoms with van der Waals surface area (Å²) in [4.78, 5) is 12.0. The zero-order valence-corrected chi connectivity index (χ0v) is 12.8. The van der Waals surface area contributed by atoms with Gasteiger partial charge in [0.05, 0.1) is 21.2 Å². The number of nitrogens with two attached hydrogens (primary N) is 1. The Labute approximate surface area is 125 Å². The van der Waals surface area contributed by atoms with E-state index in [1.165, 1.54) is 29.5 Å². The Morgan fingerprint density at radius 2 is 2.05 bits per heavy atom. The predicted molar refractivity (Wildman–Crippen MR) is 79.8 cm³/mol. The number of sulfonamides is 1. The van der Waals surface area contributed by atoms with E-state index in [9.17, 15) is 13.2 Å². The molecule has 0 aliphatic carbocycles. The third kappa shape index (κ3) is 3.18. The summed E-state index contributed by atoms with van der Waals surface area (Å²) >= 11 is 7.35. The topological polar surface area (TPSA) is 89.3 Å². The fourth-order valence-electron chi connectivity index (χ4n) is 1.56. The van der Waals surface area contributed by atoms with Crippen LogP contribution in [0.2, 0.25) is 5.02 Å². The number of nitrogens with one attached hydrogen (secondary N) is 1. The molecule has 1 amide bonds. The molecule has 1 heterocycles. The van der Waals surface area contributed by atoms with Crippen LogP contribution in [0.25, 0.3) is 0 Å². The maximum atomic E-state index is 12.1. The number of carbonyl (C=O) groups is 1. The zero-order chi connectivity index (χ0) is 14.9. The number of halogens is 1. The van der Waals surface area contributed by atoms with E-state index in [0.717, 1.165) is 5.56 Å². The molecular weight excluding hydrogens is 320 g/mol. The van der Waals surface area contributed by atoms with Gasteiger partial charge in [0.1, 0.15) is 0 Å². The Morgan fingerprint density at radius 3 is 2.60 bits per heavy atom. The number of rotatable bonds is 3. The van der Waals surface area contributed by atoms with Gasteiger partial charge in [0, 0.05) is 5.38 Å². The molecule has 1 aromatic heterocycles. The Hall–Kier alpha value is -1.41. The van der Waals surface area contributed by atoms with Gasteiger partial charge in [-0.3, -0.25) is 4.79 Å². The van der Waals surface area contributed by atoms with Crippen LogP contribution < -0.4 is 10.5 Å². The number of amides is 1. The summed E-state index contributed by atoms with van der Waals surface area (Å²) in [5.74, 6) is -0.350. The molecule has 0 spiro atoms. The number of carbonyl (C=O) groups excluding carboxylic acids is 1. The third-order valence-electron chi connectivity index (χ3n) is 2.61. The molecule has 1 aromatic carbocycles. The average molecular weight is 331 g/mol. The average Bonchev–Trinajstić information content (AvgIpc) is 2.77. The molecule has 2 rings (SSSR count). The van der Waals surface area contributed by atoms with Crippen molar-refractivity contribution in [2.45, 2.75) is 11.8 Å². The van der Waals surface area contributed by atoms with Gasteiger partial charge in [-0.05, 0) is 36.1 Å². The maximum Gasteiger partial charge on any atom is 0.256 e. The summed E-state index contributed by atoms with van der Waals surface area (Å²) in [6.45, 7) is 1.81. The van der Waals surface area contributed by atoms with Gasteiger partial charge in [0.15, 0.2) is 0 Å². The number of anilines is 1. The molecule has 0 saturated carbocycles. The van der Waals surface area contributed by atoms with Crippen molar-refractivity contribution in [2.24, 2.45) is 5.14 Å². The number of hydrogen-bond acceptors (Lipinski definition) is 4. The van der Waals surface area contributed by atoms with Crippen molar-refractivity contribution in [3.8, 4) is 0 Å². The minimum Gasteiger partial charge on any atom is -0.321 e. The first kappa shape index (κ1) is 15.0. The van der Waals surface area contributed by atoms with Gasteiger partial charge in [0.25, 0.3) is 5.91 Å².